The number of hydrogen-bond donors (Lipinski definition) is 2. The molecule has 2 rings (SSSR count). The normalized spacial score (nSPS) is 11.4. The number of hydrogen-bond acceptors (Lipinski definition) is 4. The van der Waals surface area contributed by atoms with Gasteiger partial charge in [0, 0.05) is 11.9 Å². The van der Waals surface area contributed by atoms with E-state index in [-0.39, 0.29) is 23.2 Å². The van der Waals surface area contributed by atoms with Crippen LogP contribution in [-0.2, 0) is 11.3 Å². The van der Waals surface area contributed by atoms with Gasteiger partial charge in [0.2, 0.25) is 5.91 Å². The van der Waals surface area contributed by atoms with E-state index in [0.717, 1.165) is 4.68 Å². The number of aromatic nitrogens is 2. The Morgan fingerprint density at radius 2 is 1.80 bits per heavy atom. The highest BCUT2D eigenvalue weighted by atomic mass is 19.4. The first-order valence-electron chi connectivity index (χ1n) is 7.34. The van der Waals surface area contributed by atoms with Gasteiger partial charge >= 0.3 is 6.18 Å². The van der Waals surface area contributed by atoms with E-state index in [1.54, 1.807) is 30.4 Å². The zero-order valence-corrected chi connectivity index (χ0v) is 13.2. The Balaban J connectivity index is 2.18. The second kappa shape index (κ2) is 7.32. The molecule has 0 unspecified atom stereocenters. The summed E-state index contributed by atoms with van der Waals surface area (Å²) >= 11 is 0. The zero-order chi connectivity index (χ0) is 18.6. The predicted octanol–water partition coefficient (Wildman–Crippen LogP) is 0.825. The Morgan fingerprint density at radius 1 is 1.16 bits per heavy atom. The van der Waals surface area contributed by atoms with Gasteiger partial charge in [-0.3, -0.25) is 14.4 Å². The number of nitrogens with one attached hydrogen (secondary N) is 2. The highest BCUT2D eigenvalue weighted by molar-refractivity contribution is 6.05. The van der Waals surface area contributed by atoms with Gasteiger partial charge in [0.25, 0.3) is 11.5 Å². The highest BCUT2D eigenvalue weighted by Gasteiger charge is 2.27. The number of carbonyl (C=O) groups excluding carboxylic acids is 2. The molecule has 1 heterocycles. The van der Waals surface area contributed by atoms with Gasteiger partial charge in [0.15, 0.2) is 5.69 Å². The van der Waals surface area contributed by atoms with Crippen molar-refractivity contribution < 1.29 is 22.8 Å². The van der Waals surface area contributed by atoms with Crippen LogP contribution in [0.2, 0.25) is 0 Å². The molecule has 0 bridgehead atoms. The summed E-state index contributed by atoms with van der Waals surface area (Å²) in [5.41, 5.74) is -0.446. The summed E-state index contributed by atoms with van der Waals surface area (Å²) in [6, 6.07) is 6.32. The SMILES string of the molecule is CCn1nc(C(=O)NCC(=O)NCC(F)(F)F)c2ccccc2c1=O. The summed E-state index contributed by atoms with van der Waals surface area (Å²) in [6.45, 7) is -0.217. The molecule has 7 nitrogen and oxygen atoms in total. The van der Waals surface area contributed by atoms with Crippen molar-refractivity contribution in [2.45, 2.75) is 19.6 Å². The molecule has 0 saturated carbocycles. The van der Waals surface area contributed by atoms with Crippen LogP contribution in [0.25, 0.3) is 10.8 Å². The maximum absolute atomic E-state index is 12.3. The lowest BCUT2D eigenvalue weighted by Gasteiger charge is -2.11. The van der Waals surface area contributed by atoms with Crippen molar-refractivity contribution in [2.75, 3.05) is 13.1 Å². The van der Waals surface area contributed by atoms with E-state index < -0.39 is 31.1 Å². The molecule has 0 aliphatic carbocycles. The van der Waals surface area contributed by atoms with Gasteiger partial charge in [-0.1, -0.05) is 18.2 Å². The Kier molecular flexibility index (Phi) is 5.40. The van der Waals surface area contributed by atoms with Gasteiger partial charge in [0.05, 0.1) is 11.9 Å². The van der Waals surface area contributed by atoms with Gasteiger partial charge < -0.3 is 10.6 Å². The molecule has 2 amide bonds. The number of benzene rings is 1. The molecule has 10 heteroatoms. The molecule has 0 aliphatic rings. The molecule has 2 N–H and O–H groups in total. The summed E-state index contributed by atoms with van der Waals surface area (Å²) in [4.78, 5) is 35.8. The summed E-state index contributed by atoms with van der Waals surface area (Å²) in [5.74, 6) is -1.75. The van der Waals surface area contributed by atoms with Gasteiger partial charge in [-0.05, 0) is 13.0 Å². The van der Waals surface area contributed by atoms with Crippen LogP contribution in [0, 0.1) is 0 Å². The quantitative estimate of drug-likeness (QED) is 0.830. The average Bonchev–Trinajstić information content (AvgIpc) is 2.58. The van der Waals surface area contributed by atoms with Crippen LogP contribution in [0.15, 0.2) is 29.1 Å². The van der Waals surface area contributed by atoms with Gasteiger partial charge in [0.1, 0.15) is 6.54 Å². The van der Waals surface area contributed by atoms with Crippen LogP contribution in [0.4, 0.5) is 13.2 Å². The molecule has 134 valence electrons. The number of alkyl halides is 3. The van der Waals surface area contributed by atoms with E-state index in [1.807, 2.05) is 0 Å². The van der Waals surface area contributed by atoms with Crippen molar-refractivity contribution >= 4 is 22.6 Å². The van der Waals surface area contributed by atoms with Gasteiger partial charge in [-0.2, -0.15) is 18.3 Å². The molecule has 0 atom stereocenters. The molecular weight excluding hydrogens is 341 g/mol. The van der Waals surface area contributed by atoms with Crippen molar-refractivity contribution in [3.05, 3.63) is 40.3 Å². The molecule has 25 heavy (non-hydrogen) atoms. The Bertz CT molecular complexity index is 861. The molecule has 1 aromatic carbocycles. The van der Waals surface area contributed by atoms with Crippen molar-refractivity contribution in [3.63, 3.8) is 0 Å². The van der Waals surface area contributed by atoms with Crippen molar-refractivity contribution in [2.24, 2.45) is 0 Å². The lowest BCUT2D eigenvalue weighted by atomic mass is 10.1. The fourth-order valence-corrected chi connectivity index (χ4v) is 2.12. The molecule has 0 fully saturated rings. The topological polar surface area (TPSA) is 93.1 Å². The average molecular weight is 356 g/mol. The van der Waals surface area contributed by atoms with Crippen LogP contribution in [0.1, 0.15) is 17.4 Å². The molecule has 0 spiro atoms. The smallest absolute Gasteiger partial charge is 0.345 e. The predicted molar refractivity (Wildman–Crippen MR) is 83.1 cm³/mol. The Hall–Kier alpha value is -2.91. The first-order chi connectivity index (χ1) is 11.7. The van der Waals surface area contributed by atoms with Crippen LogP contribution in [0.3, 0.4) is 0 Å². The number of rotatable bonds is 5. The molecule has 0 saturated heterocycles. The van der Waals surface area contributed by atoms with Crippen LogP contribution < -0.4 is 16.2 Å². The largest absolute Gasteiger partial charge is 0.405 e. The Morgan fingerprint density at radius 3 is 2.40 bits per heavy atom. The lowest BCUT2D eigenvalue weighted by Crippen LogP contribution is -2.41. The Labute approximate surface area is 139 Å². The monoisotopic (exact) mass is 356 g/mol. The van der Waals surface area contributed by atoms with Crippen molar-refractivity contribution in [3.8, 4) is 0 Å². The minimum Gasteiger partial charge on any atom is -0.345 e. The van der Waals surface area contributed by atoms with E-state index in [0.29, 0.717) is 5.39 Å². The molecule has 2 aromatic rings. The number of nitrogens with zero attached hydrogens (tertiary/aromatic N) is 2. The molecular formula is C15H15F3N4O3. The summed E-state index contributed by atoms with van der Waals surface area (Å²) in [7, 11) is 0. The van der Waals surface area contributed by atoms with Gasteiger partial charge in [-0.25, -0.2) is 4.68 Å². The minimum atomic E-state index is -4.53. The first kappa shape index (κ1) is 18.4. The molecule has 1 aromatic heterocycles. The summed E-state index contributed by atoms with van der Waals surface area (Å²) in [6.07, 6.45) is -4.53. The standard InChI is InChI=1S/C15H15F3N4O3/c1-2-22-14(25)10-6-4-3-5-9(10)12(21-22)13(24)19-7-11(23)20-8-15(16,17)18/h3-6H,2,7-8H2,1H3,(H,19,24)(H,20,23). The van der Waals surface area contributed by atoms with Crippen molar-refractivity contribution in [1.82, 2.24) is 20.4 Å². The second-order valence-corrected chi connectivity index (χ2v) is 5.09. The number of aryl methyl sites for hydroxylation is 1. The van der Waals surface area contributed by atoms with E-state index in [9.17, 15) is 27.6 Å². The first-order valence-corrected chi connectivity index (χ1v) is 7.34. The third-order valence-corrected chi connectivity index (χ3v) is 3.28. The maximum atomic E-state index is 12.3. The van der Waals surface area contributed by atoms with E-state index in [2.05, 4.69) is 10.4 Å². The van der Waals surface area contributed by atoms with E-state index in [1.165, 1.54) is 6.07 Å². The number of halogens is 3. The van der Waals surface area contributed by atoms with Crippen molar-refractivity contribution in [1.29, 1.82) is 0 Å². The lowest BCUT2D eigenvalue weighted by molar-refractivity contribution is -0.137. The van der Waals surface area contributed by atoms with Gasteiger partial charge in [-0.15, -0.1) is 0 Å². The van der Waals surface area contributed by atoms with Crippen LogP contribution in [-0.4, -0.2) is 40.9 Å². The molecule has 0 aliphatic heterocycles. The summed E-state index contributed by atoms with van der Waals surface area (Å²) in [5, 5.41) is 8.39. The number of fused-ring (bicyclic) bond motifs is 1. The minimum absolute atomic E-state index is 0.0827. The zero-order valence-electron chi connectivity index (χ0n) is 13.2. The fraction of sp³-hybridized carbons (Fsp3) is 0.333. The fourth-order valence-electron chi connectivity index (χ4n) is 2.12. The number of carbonyl (C=O) groups is 2. The van der Waals surface area contributed by atoms with Crippen LogP contribution in [0.5, 0.6) is 0 Å². The summed E-state index contributed by atoms with van der Waals surface area (Å²) < 4.78 is 37.2. The maximum Gasteiger partial charge on any atom is 0.405 e. The van der Waals surface area contributed by atoms with Crippen LogP contribution >= 0.6 is 0 Å². The second-order valence-electron chi connectivity index (χ2n) is 5.09. The third-order valence-electron chi connectivity index (χ3n) is 3.28. The third kappa shape index (κ3) is 4.55. The highest BCUT2D eigenvalue weighted by Crippen LogP contribution is 2.13. The van der Waals surface area contributed by atoms with E-state index in [4.69, 9.17) is 0 Å². The van der Waals surface area contributed by atoms with E-state index >= 15 is 0 Å². The number of amides is 2. The molecule has 0 radical (unpaired) electrons.